The Kier molecular flexibility index (Phi) is 31.4. The van der Waals surface area contributed by atoms with Crippen LogP contribution in [0.15, 0.2) is 12.2 Å². The van der Waals surface area contributed by atoms with E-state index in [1.807, 2.05) is 6.08 Å². The quantitative estimate of drug-likeness (QED) is 0.0313. The summed E-state index contributed by atoms with van der Waals surface area (Å²) in [4.78, 5) is 25.1. The first-order chi connectivity index (χ1) is 33.7. The van der Waals surface area contributed by atoms with Crippen LogP contribution in [-0.4, -0.2) is 194 Å². The van der Waals surface area contributed by atoms with Gasteiger partial charge in [0, 0.05) is 13.3 Å². The average Bonchev–Trinajstić information content (AvgIpc) is 3.34. The number of nitrogens with one attached hydrogen (secondary N) is 2. The lowest BCUT2D eigenvalue weighted by Gasteiger charge is -2.48. The van der Waals surface area contributed by atoms with Gasteiger partial charge in [0.2, 0.25) is 11.8 Å². The first-order valence-corrected chi connectivity index (χ1v) is 26.4. The normalized spacial score (nSPS) is 32.5. The smallest absolute Gasteiger partial charge is 0.220 e. The van der Waals surface area contributed by atoms with Crippen LogP contribution in [0.1, 0.15) is 162 Å². The molecule has 17 unspecified atom stereocenters. The number of unbranched alkanes of at least 4 members (excludes halogenated alkanes) is 19. The molecule has 17 atom stereocenters. The van der Waals surface area contributed by atoms with Crippen molar-refractivity contribution in [2.45, 2.75) is 266 Å². The number of hydrogen-bond acceptors (Lipinski definition) is 18. The number of ether oxygens (including phenoxy) is 6. The molecule has 0 aliphatic carbocycles. The Bertz CT molecular complexity index is 1410. The van der Waals surface area contributed by atoms with E-state index in [-0.39, 0.29) is 18.9 Å². The molecule has 70 heavy (non-hydrogen) atoms. The van der Waals surface area contributed by atoms with Gasteiger partial charge >= 0.3 is 0 Å². The van der Waals surface area contributed by atoms with E-state index in [4.69, 9.17) is 28.4 Å². The number of amides is 2. The molecule has 20 heteroatoms. The lowest BCUT2D eigenvalue weighted by Crippen LogP contribution is -2.68. The highest BCUT2D eigenvalue weighted by Gasteiger charge is 2.54. The number of carbonyl (C=O) groups excluding carboxylic acids is 2. The molecule has 3 fully saturated rings. The molecule has 3 heterocycles. The summed E-state index contributed by atoms with van der Waals surface area (Å²) in [5.74, 6) is -0.931. The molecule has 0 radical (unpaired) electrons. The van der Waals surface area contributed by atoms with Crippen molar-refractivity contribution >= 4 is 11.8 Å². The molecule has 410 valence electrons. The lowest BCUT2D eigenvalue weighted by molar-refractivity contribution is -0.374. The topological polar surface area (TPSA) is 316 Å². The fourth-order valence-corrected chi connectivity index (χ4v) is 9.18. The predicted octanol–water partition coefficient (Wildman–Crippen LogP) is 1.62. The van der Waals surface area contributed by atoms with Gasteiger partial charge in [0.25, 0.3) is 0 Å². The summed E-state index contributed by atoms with van der Waals surface area (Å²) in [5.41, 5.74) is 0. The third-order valence-corrected chi connectivity index (χ3v) is 13.5. The van der Waals surface area contributed by atoms with Crippen molar-refractivity contribution in [1.29, 1.82) is 0 Å². The Balaban J connectivity index is 1.61. The molecule has 0 bridgehead atoms. The zero-order valence-corrected chi connectivity index (χ0v) is 42.1. The number of aliphatic hydroxyl groups excluding tert-OH is 10. The molecule has 3 aliphatic heterocycles. The standard InChI is InChI=1S/C50H92N2O18/c1-4-6-8-10-12-14-15-16-17-19-20-22-24-26-34(57)33(52-38(58)27-25-23-21-18-13-11-9-7-5-2)31-65-49-44(63)42(61)47(36(29-54)67-49)70-50-45(64)43(62)46(37(30-55)68-50)69-48-39(51-32(3)56)41(60)40(59)35(28-53)66-48/h24,26,33-37,39-50,53-55,57,59-64H,4-23,25,27-31H2,1-3H3,(H,51,56)(H,52,58). The third kappa shape index (κ3) is 21.1. The third-order valence-electron chi connectivity index (χ3n) is 13.5. The Morgan fingerprint density at radius 2 is 1.00 bits per heavy atom. The molecule has 0 saturated carbocycles. The Hall–Kier alpha value is -1.96. The Morgan fingerprint density at radius 1 is 0.557 bits per heavy atom. The molecule has 20 nitrogen and oxygen atoms in total. The number of rotatable bonds is 36. The summed E-state index contributed by atoms with van der Waals surface area (Å²) in [6, 6.07) is -2.40. The minimum atomic E-state index is -1.98. The summed E-state index contributed by atoms with van der Waals surface area (Å²) in [5, 5.41) is 113. The van der Waals surface area contributed by atoms with Crippen molar-refractivity contribution in [3.63, 3.8) is 0 Å². The number of aliphatic hydroxyl groups is 10. The zero-order valence-electron chi connectivity index (χ0n) is 42.1. The van der Waals surface area contributed by atoms with Gasteiger partial charge in [0.15, 0.2) is 18.9 Å². The van der Waals surface area contributed by atoms with Crippen molar-refractivity contribution in [2.24, 2.45) is 0 Å². The van der Waals surface area contributed by atoms with Crippen LogP contribution in [0.2, 0.25) is 0 Å². The van der Waals surface area contributed by atoms with E-state index in [0.717, 1.165) is 51.9 Å². The molecule has 0 aromatic heterocycles. The van der Waals surface area contributed by atoms with Crippen molar-refractivity contribution in [1.82, 2.24) is 10.6 Å². The van der Waals surface area contributed by atoms with Crippen LogP contribution in [-0.2, 0) is 38.0 Å². The van der Waals surface area contributed by atoms with Crippen molar-refractivity contribution in [3.8, 4) is 0 Å². The van der Waals surface area contributed by atoms with Gasteiger partial charge in [-0.2, -0.15) is 0 Å². The number of allylic oxidation sites excluding steroid dienone is 1. The van der Waals surface area contributed by atoms with Gasteiger partial charge in [-0.25, -0.2) is 0 Å². The van der Waals surface area contributed by atoms with Crippen LogP contribution < -0.4 is 10.6 Å². The highest BCUT2D eigenvalue weighted by molar-refractivity contribution is 5.76. The first kappa shape index (κ1) is 62.3. The Morgan fingerprint density at radius 3 is 1.50 bits per heavy atom. The molecule has 0 aromatic carbocycles. The Labute approximate surface area is 415 Å². The molecule has 0 aromatic rings. The molecule has 0 spiro atoms. The largest absolute Gasteiger partial charge is 0.394 e. The summed E-state index contributed by atoms with van der Waals surface area (Å²) >= 11 is 0. The summed E-state index contributed by atoms with van der Waals surface area (Å²) < 4.78 is 34.7. The van der Waals surface area contributed by atoms with Gasteiger partial charge in [-0.15, -0.1) is 0 Å². The minimum absolute atomic E-state index is 0.242. The zero-order chi connectivity index (χ0) is 51.4. The highest BCUT2D eigenvalue weighted by atomic mass is 16.8. The van der Waals surface area contributed by atoms with E-state index in [1.165, 1.54) is 83.5 Å². The van der Waals surface area contributed by atoms with E-state index >= 15 is 0 Å². The molecule has 3 aliphatic rings. The maximum atomic E-state index is 13.2. The predicted molar refractivity (Wildman–Crippen MR) is 257 cm³/mol. The van der Waals surface area contributed by atoms with Crippen LogP contribution in [0.4, 0.5) is 0 Å². The van der Waals surface area contributed by atoms with Crippen LogP contribution in [0.25, 0.3) is 0 Å². The van der Waals surface area contributed by atoms with E-state index < -0.39 is 130 Å². The van der Waals surface area contributed by atoms with Gasteiger partial charge in [-0.1, -0.05) is 142 Å². The second-order valence-corrected chi connectivity index (χ2v) is 19.4. The van der Waals surface area contributed by atoms with Gasteiger partial charge < -0.3 is 90.1 Å². The van der Waals surface area contributed by atoms with Gasteiger partial charge in [-0.05, 0) is 19.3 Å². The maximum Gasteiger partial charge on any atom is 0.220 e. The number of hydrogen-bond donors (Lipinski definition) is 12. The molecule has 2 amide bonds. The lowest BCUT2D eigenvalue weighted by atomic mass is 9.95. The summed E-state index contributed by atoms with van der Waals surface area (Å²) in [7, 11) is 0. The molecular formula is C50H92N2O18. The molecule has 12 N–H and O–H groups in total. The van der Waals surface area contributed by atoms with Crippen molar-refractivity contribution in [2.75, 3.05) is 26.4 Å². The van der Waals surface area contributed by atoms with Crippen LogP contribution in [0.5, 0.6) is 0 Å². The first-order valence-electron chi connectivity index (χ1n) is 26.4. The number of carbonyl (C=O) groups is 2. The summed E-state index contributed by atoms with van der Waals surface area (Å²) in [6.07, 6.45) is 2.84. The van der Waals surface area contributed by atoms with Gasteiger partial charge in [0.05, 0.1) is 38.6 Å². The van der Waals surface area contributed by atoms with Crippen molar-refractivity contribution in [3.05, 3.63) is 12.2 Å². The highest BCUT2D eigenvalue weighted by Crippen LogP contribution is 2.33. The second kappa shape index (κ2) is 35.3. The minimum Gasteiger partial charge on any atom is -0.394 e. The van der Waals surface area contributed by atoms with E-state index in [9.17, 15) is 60.7 Å². The average molecular weight is 1010 g/mol. The van der Waals surface area contributed by atoms with E-state index in [2.05, 4.69) is 24.5 Å². The molecular weight excluding hydrogens is 917 g/mol. The molecule has 3 saturated heterocycles. The second-order valence-electron chi connectivity index (χ2n) is 19.4. The summed E-state index contributed by atoms with van der Waals surface area (Å²) in [6.45, 7) is 2.76. The van der Waals surface area contributed by atoms with E-state index in [0.29, 0.717) is 6.42 Å². The fourth-order valence-electron chi connectivity index (χ4n) is 9.18. The van der Waals surface area contributed by atoms with Crippen LogP contribution >= 0.6 is 0 Å². The SMILES string of the molecule is CCCCCCCCCCCCCC=CC(O)C(COC1OC(CO)C(OC2OC(CO)C(OC3OC(CO)C(O)C(O)C3NC(C)=O)C(O)C2O)C(O)C1O)NC(=O)CCCCCCCCCCC. The van der Waals surface area contributed by atoms with Crippen molar-refractivity contribution < 1.29 is 89.1 Å². The monoisotopic (exact) mass is 1010 g/mol. The fraction of sp³-hybridized carbons (Fsp3) is 0.920. The van der Waals surface area contributed by atoms with Crippen LogP contribution in [0, 0.1) is 0 Å². The van der Waals surface area contributed by atoms with Crippen LogP contribution in [0.3, 0.4) is 0 Å². The van der Waals surface area contributed by atoms with Gasteiger partial charge in [-0.3, -0.25) is 9.59 Å². The van der Waals surface area contributed by atoms with Gasteiger partial charge in [0.1, 0.15) is 73.2 Å². The maximum absolute atomic E-state index is 13.2. The van der Waals surface area contributed by atoms with E-state index in [1.54, 1.807) is 6.08 Å². The molecule has 3 rings (SSSR count).